The Bertz CT molecular complexity index is 358. The van der Waals surface area contributed by atoms with Crippen molar-refractivity contribution in [2.45, 2.75) is 44.6 Å². The van der Waals surface area contributed by atoms with E-state index in [2.05, 4.69) is 0 Å². The topological polar surface area (TPSA) is 69.4 Å². The molecule has 0 radical (unpaired) electrons. The van der Waals surface area contributed by atoms with Crippen LogP contribution in [0.3, 0.4) is 0 Å². The lowest BCUT2D eigenvalue weighted by atomic mass is 9.98. The van der Waals surface area contributed by atoms with E-state index in [9.17, 15) is 9.59 Å². The van der Waals surface area contributed by atoms with Crippen molar-refractivity contribution >= 4 is 11.7 Å². The van der Waals surface area contributed by atoms with Gasteiger partial charge in [0.05, 0.1) is 6.10 Å². The molecule has 0 saturated heterocycles. The first-order chi connectivity index (χ1) is 8.63. The van der Waals surface area contributed by atoms with Crippen LogP contribution in [0.25, 0.3) is 0 Å². The summed E-state index contributed by atoms with van der Waals surface area (Å²) in [5.74, 6) is -0.107. The number of allylic oxidation sites excluding steroid dienone is 2. The molecule has 1 unspecified atom stereocenters. The van der Waals surface area contributed by atoms with Gasteiger partial charge in [-0.15, -0.1) is 0 Å². The number of carbonyl (C=O) groups is 2. The van der Waals surface area contributed by atoms with Gasteiger partial charge in [-0.3, -0.25) is 9.59 Å². The number of ether oxygens (including phenoxy) is 1. The molecule has 4 nitrogen and oxygen atoms in total. The number of primary amides is 1. The largest absolute Gasteiger partial charge is 0.377 e. The average molecular weight is 251 g/mol. The summed E-state index contributed by atoms with van der Waals surface area (Å²) in [6.07, 6.45) is 9.93. The number of nitrogens with two attached hydrogens (primary N) is 1. The third-order valence-corrected chi connectivity index (χ3v) is 3.01. The van der Waals surface area contributed by atoms with Crippen molar-refractivity contribution in [2.75, 3.05) is 7.11 Å². The van der Waals surface area contributed by atoms with Gasteiger partial charge < -0.3 is 10.5 Å². The summed E-state index contributed by atoms with van der Waals surface area (Å²) in [4.78, 5) is 22.4. The van der Waals surface area contributed by atoms with E-state index in [1.165, 1.54) is 0 Å². The zero-order chi connectivity index (χ0) is 13.4. The summed E-state index contributed by atoms with van der Waals surface area (Å²) in [6, 6.07) is 0. The number of hydrogen-bond donors (Lipinski definition) is 1. The fourth-order valence-corrected chi connectivity index (χ4v) is 1.89. The summed E-state index contributed by atoms with van der Waals surface area (Å²) < 4.78 is 5.17. The molecule has 0 heterocycles. The second-order valence-corrected chi connectivity index (χ2v) is 4.48. The van der Waals surface area contributed by atoms with Crippen molar-refractivity contribution in [3.05, 3.63) is 23.8 Å². The van der Waals surface area contributed by atoms with Crippen molar-refractivity contribution in [1.82, 2.24) is 0 Å². The van der Waals surface area contributed by atoms with Gasteiger partial charge in [-0.1, -0.05) is 24.6 Å². The Hall–Kier alpha value is -1.42. The van der Waals surface area contributed by atoms with E-state index < -0.39 is 0 Å². The maximum atomic E-state index is 11.8. The molecule has 1 rings (SSSR count). The molecule has 1 atom stereocenters. The Labute approximate surface area is 108 Å². The molecule has 2 N–H and O–H groups in total. The summed E-state index contributed by atoms with van der Waals surface area (Å²) in [7, 11) is 1.66. The number of rotatable bonds is 8. The van der Waals surface area contributed by atoms with Gasteiger partial charge in [0.1, 0.15) is 0 Å². The highest BCUT2D eigenvalue weighted by atomic mass is 16.5. The first kappa shape index (κ1) is 14.6. The lowest BCUT2D eigenvalue weighted by Crippen LogP contribution is -2.12. The Kier molecular flexibility index (Phi) is 6.36. The Morgan fingerprint density at radius 2 is 2.06 bits per heavy atom. The quantitative estimate of drug-likeness (QED) is 0.670. The van der Waals surface area contributed by atoms with Gasteiger partial charge in [0.25, 0.3) is 0 Å². The standard InChI is InChI=1S/C14H21NO3/c1-18-12-9-7-11(8-10-12)13(16)5-3-2-4-6-14(15)17/h7-9,12H,2-6,10H2,1H3,(H2,15,17). The molecular formula is C14H21NO3. The fourth-order valence-electron chi connectivity index (χ4n) is 1.89. The van der Waals surface area contributed by atoms with Gasteiger partial charge in [-0.05, 0) is 19.3 Å². The predicted molar refractivity (Wildman–Crippen MR) is 69.9 cm³/mol. The predicted octanol–water partition coefficient (Wildman–Crippen LogP) is 1.89. The average Bonchev–Trinajstić information content (AvgIpc) is 2.38. The van der Waals surface area contributed by atoms with Gasteiger partial charge in [-0.25, -0.2) is 0 Å². The van der Waals surface area contributed by atoms with E-state index in [1.54, 1.807) is 7.11 Å². The number of hydrogen-bond acceptors (Lipinski definition) is 3. The lowest BCUT2D eigenvalue weighted by Gasteiger charge is -2.13. The molecule has 1 aliphatic rings. The number of methoxy groups -OCH3 is 1. The molecule has 0 aliphatic heterocycles. The summed E-state index contributed by atoms with van der Waals surface area (Å²) in [6.45, 7) is 0. The minimum absolute atomic E-state index is 0.0946. The summed E-state index contributed by atoms with van der Waals surface area (Å²) >= 11 is 0. The highest BCUT2D eigenvalue weighted by Gasteiger charge is 2.12. The first-order valence-corrected chi connectivity index (χ1v) is 6.36. The molecule has 1 aliphatic carbocycles. The van der Waals surface area contributed by atoms with Crippen LogP contribution in [0.1, 0.15) is 38.5 Å². The molecule has 0 aromatic heterocycles. The van der Waals surface area contributed by atoms with E-state index in [4.69, 9.17) is 10.5 Å². The van der Waals surface area contributed by atoms with Crippen molar-refractivity contribution in [2.24, 2.45) is 5.73 Å². The van der Waals surface area contributed by atoms with Crippen LogP contribution in [0.15, 0.2) is 23.8 Å². The normalized spacial score (nSPS) is 18.5. The second kappa shape index (κ2) is 7.82. The van der Waals surface area contributed by atoms with Crippen LogP contribution in [-0.4, -0.2) is 24.9 Å². The monoisotopic (exact) mass is 251 g/mol. The molecule has 0 bridgehead atoms. The molecule has 4 heteroatoms. The number of ketones is 1. The maximum Gasteiger partial charge on any atom is 0.217 e. The maximum absolute atomic E-state index is 11.8. The molecule has 1 amide bonds. The first-order valence-electron chi connectivity index (χ1n) is 6.36. The van der Waals surface area contributed by atoms with Crippen molar-refractivity contribution < 1.29 is 14.3 Å². The number of amides is 1. The van der Waals surface area contributed by atoms with E-state index in [0.717, 1.165) is 31.3 Å². The van der Waals surface area contributed by atoms with Gasteiger partial charge in [-0.2, -0.15) is 0 Å². The molecule has 0 aromatic carbocycles. The SMILES string of the molecule is COC1C=CC(C(=O)CCCCCC(N)=O)=CC1. The second-order valence-electron chi connectivity index (χ2n) is 4.48. The molecule has 100 valence electrons. The smallest absolute Gasteiger partial charge is 0.217 e. The van der Waals surface area contributed by atoms with Crippen LogP contribution < -0.4 is 5.73 Å². The van der Waals surface area contributed by atoms with Crippen LogP contribution in [0.4, 0.5) is 0 Å². The van der Waals surface area contributed by atoms with Gasteiger partial charge in [0.15, 0.2) is 5.78 Å². The van der Waals surface area contributed by atoms with Gasteiger partial charge in [0, 0.05) is 25.5 Å². The minimum Gasteiger partial charge on any atom is -0.377 e. The van der Waals surface area contributed by atoms with E-state index in [1.807, 2.05) is 18.2 Å². The molecule has 0 fully saturated rings. The Balaban J connectivity index is 2.20. The van der Waals surface area contributed by atoms with Crippen molar-refractivity contribution in [3.63, 3.8) is 0 Å². The third-order valence-electron chi connectivity index (χ3n) is 3.01. The highest BCUT2D eigenvalue weighted by Crippen LogP contribution is 2.16. The molecule has 0 aromatic rings. The molecule has 0 spiro atoms. The van der Waals surface area contributed by atoms with E-state index in [0.29, 0.717) is 12.8 Å². The van der Waals surface area contributed by atoms with Gasteiger partial charge >= 0.3 is 0 Å². The lowest BCUT2D eigenvalue weighted by molar-refractivity contribution is -0.118. The zero-order valence-corrected chi connectivity index (χ0v) is 10.9. The van der Waals surface area contributed by atoms with Crippen molar-refractivity contribution in [3.8, 4) is 0 Å². The Morgan fingerprint density at radius 3 is 2.61 bits per heavy atom. The zero-order valence-electron chi connectivity index (χ0n) is 10.9. The molecule has 0 saturated carbocycles. The summed E-state index contributed by atoms with van der Waals surface area (Å²) in [5, 5.41) is 0. The minimum atomic E-state index is -0.273. The van der Waals surface area contributed by atoms with Crippen LogP contribution in [0, 0.1) is 0 Å². The molecule has 18 heavy (non-hydrogen) atoms. The fraction of sp³-hybridized carbons (Fsp3) is 0.571. The van der Waals surface area contributed by atoms with E-state index >= 15 is 0 Å². The number of Topliss-reactive ketones (excluding diaryl/α,β-unsaturated/α-hetero) is 1. The highest BCUT2D eigenvalue weighted by molar-refractivity contribution is 5.98. The van der Waals surface area contributed by atoms with Crippen molar-refractivity contribution in [1.29, 1.82) is 0 Å². The Morgan fingerprint density at radius 1 is 1.33 bits per heavy atom. The third kappa shape index (κ3) is 5.27. The van der Waals surface area contributed by atoms with Crippen LogP contribution in [0.2, 0.25) is 0 Å². The number of carbonyl (C=O) groups excluding carboxylic acids is 2. The van der Waals surface area contributed by atoms with E-state index in [-0.39, 0.29) is 17.8 Å². The van der Waals surface area contributed by atoms with Crippen LogP contribution >= 0.6 is 0 Å². The number of unbranched alkanes of at least 4 members (excludes halogenated alkanes) is 2. The van der Waals surface area contributed by atoms with Crippen LogP contribution in [-0.2, 0) is 14.3 Å². The summed E-state index contributed by atoms with van der Waals surface area (Å²) in [5.41, 5.74) is 5.82. The van der Waals surface area contributed by atoms with Crippen LogP contribution in [0.5, 0.6) is 0 Å². The molecular weight excluding hydrogens is 230 g/mol. The van der Waals surface area contributed by atoms with Gasteiger partial charge in [0.2, 0.25) is 5.91 Å².